The third-order valence-corrected chi connectivity index (χ3v) is 4.51. The van der Waals surface area contributed by atoms with E-state index in [2.05, 4.69) is 5.32 Å². The van der Waals surface area contributed by atoms with Crippen LogP contribution in [0.5, 0.6) is 0 Å². The van der Waals surface area contributed by atoms with Crippen LogP contribution in [-0.4, -0.2) is 23.2 Å². The maximum atomic E-state index is 11.9. The highest BCUT2D eigenvalue weighted by atomic mass is 35.5. The number of hydrogen-bond donors (Lipinski definition) is 3. The van der Waals surface area contributed by atoms with Gasteiger partial charge in [-0.1, -0.05) is 55.8 Å². The Morgan fingerprint density at radius 1 is 1.29 bits per heavy atom. The number of halogens is 1. The van der Waals surface area contributed by atoms with E-state index in [1.807, 2.05) is 0 Å². The van der Waals surface area contributed by atoms with Gasteiger partial charge in [-0.3, -0.25) is 10.0 Å². The van der Waals surface area contributed by atoms with Gasteiger partial charge < -0.3 is 10.1 Å². The maximum Gasteiger partial charge on any atom is 0.408 e. The standard InChI is InChI=1S/C17H23ClN2O4/c18-14-8-4-7-13(9-14)11-24-17(22)19-15(16(21)20-23)10-12-5-2-1-3-6-12/h4,7-9,12,15,23H,1-3,5-6,10-11H2,(H,19,22)(H,20,21)/t15-/m0/s1. The highest BCUT2D eigenvalue weighted by molar-refractivity contribution is 6.30. The Kier molecular flexibility index (Phi) is 7.34. The van der Waals surface area contributed by atoms with Crippen molar-refractivity contribution in [3.05, 3.63) is 34.9 Å². The Bertz CT molecular complexity index is 561. The summed E-state index contributed by atoms with van der Waals surface area (Å²) in [6.45, 7) is 0.0588. The van der Waals surface area contributed by atoms with Gasteiger partial charge in [-0.25, -0.2) is 10.3 Å². The van der Waals surface area contributed by atoms with Crippen LogP contribution < -0.4 is 10.8 Å². The zero-order valence-electron chi connectivity index (χ0n) is 13.5. The molecule has 1 aliphatic rings. The molecule has 132 valence electrons. The molecule has 2 rings (SSSR count). The van der Waals surface area contributed by atoms with E-state index in [1.165, 1.54) is 6.42 Å². The smallest absolute Gasteiger partial charge is 0.408 e. The van der Waals surface area contributed by atoms with Crippen molar-refractivity contribution in [1.29, 1.82) is 0 Å². The van der Waals surface area contributed by atoms with Gasteiger partial charge in [-0.2, -0.15) is 0 Å². The van der Waals surface area contributed by atoms with Crippen LogP contribution in [0.4, 0.5) is 4.79 Å². The predicted octanol–water partition coefficient (Wildman–Crippen LogP) is 3.41. The van der Waals surface area contributed by atoms with Gasteiger partial charge >= 0.3 is 6.09 Å². The minimum absolute atomic E-state index is 0.0588. The second kappa shape index (κ2) is 9.49. The lowest BCUT2D eigenvalue weighted by atomic mass is 9.84. The lowest BCUT2D eigenvalue weighted by Gasteiger charge is -2.25. The molecule has 3 N–H and O–H groups in total. The molecule has 1 aromatic carbocycles. The SMILES string of the molecule is O=C(N[C@@H](CC1CCCCC1)C(=O)NO)OCc1cccc(Cl)c1. The predicted molar refractivity (Wildman–Crippen MR) is 89.7 cm³/mol. The van der Waals surface area contributed by atoms with Crippen molar-refractivity contribution >= 4 is 23.6 Å². The molecule has 0 unspecified atom stereocenters. The van der Waals surface area contributed by atoms with Gasteiger partial charge in [-0.15, -0.1) is 0 Å². The number of alkyl carbamates (subject to hydrolysis) is 1. The molecular weight excluding hydrogens is 332 g/mol. The second-order valence-corrected chi connectivity index (χ2v) is 6.56. The first-order chi connectivity index (χ1) is 11.6. The summed E-state index contributed by atoms with van der Waals surface area (Å²) >= 11 is 5.88. The number of amides is 2. The van der Waals surface area contributed by atoms with Crippen molar-refractivity contribution in [3.8, 4) is 0 Å². The van der Waals surface area contributed by atoms with E-state index >= 15 is 0 Å². The van der Waals surface area contributed by atoms with Crippen molar-refractivity contribution in [1.82, 2.24) is 10.8 Å². The molecule has 0 spiro atoms. The van der Waals surface area contributed by atoms with Gasteiger partial charge in [0.1, 0.15) is 12.6 Å². The molecule has 1 fully saturated rings. The fraction of sp³-hybridized carbons (Fsp3) is 0.529. The van der Waals surface area contributed by atoms with Crippen molar-refractivity contribution in [3.63, 3.8) is 0 Å². The number of hydroxylamine groups is 1. The van der Waals surface area contributed by atoms with E-state index in [4.69, 9.17) is 21.5 Å². The van der Waals surface area contributed by atoms with E-state index in [0.717, 1.165) is 31.2 Å². The van der Waals surface area contributed by atoms with Crippen LogP contribution >= 0.6 is 11.6 Å². The Balaban J connectivity index is 1.85. The van der Waals surface area contributed by atoms with Crippen LogP contribution in [0.3, 0.4) is 0 Å². The minimum atomic E-state index is -0.801. The molecule has 0 aromatic heterocycles. The van der Waals surface area contributed by atoms with Crippen LogP contribution in [0.25, 0.3) is 0 Å². The van der Waals surface area contributed by atoms with Gasteiger partial charge in [0, 0.05) is 5.02 Å². The second-order valence-electron chi connectivity index (χ2n) is 6.12. The van der Waals surface area contributed by atoms with E-state index < -0.39 is 18.0 Å². The largest absolute Gasteiger partial charge is 0.445 e. The number of carbonyl (C=O) groups is 2. The summed E-state index contributed by atoms with van der Waals surface area (Å²) in [6, 6.07) is 6.19. The molecular formula is C17H23ClN2O4. The van der Waals surface area contributed by atoms with Crippen LogP contribution in [-0.2, 0) is 16.1 Å². The normalized spacial score (nSPS) is 16.2. The molecule has 1 atom stereocenters. The minimum Gasteiger partial charge on any atom is -0.445 e. The van der Waals surface area contributed by atoms with Gasteiger partial charge in [0.05, 0.1) is 0 Å². The van der Waals surface area contributed by atoms with Crippen molar-refractivity contribution < 1.29 is 19.5 Å². The van der Waals surface area contributed by atoms with E-state index in [1.54, 1.807) is 29.7 Å². The number of benzene rings is 1. The quantitative estimate of drug-likeness (QED) is 0.539. The average Bonchev–Trinajstić information content (AvgIpc) is 2.59. The molecule has 24 heavy (non-hydrogen) atoms. The molecule has 0 aliphatic heterocycles. The highest BCUT2D eigenvalue weighted by Crippen LogP contribution is 2.27. The lowest BCUT2D eigenvalue weighted by molar-refractivity contribution is -0.131. The number of ether oxygens (including phenoxy) is 1. The highest BCUT2D eigenvalue weighted by Gasteiger charge is 2.26. The van der Waals surface area contributed by atoms with Crippen LogP contribution in [0.1, 0.15) is 44.1 Å². The Hall–Kier alpha value is -1.79. The summed E-state index contributed by atoms with van der Waals surface area (Å²) in [4.78, 5) is 23.7. The molecule has 0 heterocycles. The summed E-state index contributed by atoms with van der Waals surface area (Å²) in [6.07, 6.45) is 5.36. The topological polar surface area (TPSA) is 87.7 Å². The van der Waals surface area contributed by atoms with Gasteiger partial charge in [0.15, 0.2) is 0 Å². The van der Waals surface area contributed by atoms with Gasteiger partial charge in [-0.05, 0) is 30.0 Å². The fourth-order valence-corrected chi connectivity index (χ4v) is 3.24. The van der Waals surface area contributed by atoms with Crippen molar-refractivity contribution in [2.75, 3.05) is 0 Å². The summed E-state index contributed by atoms with van der Waals surface area (Å²) in [5.74, 6) is -0.255. The zero-order valence-corrected chi connectivity index (χ0v) is 14.2. The third-order valence-electron chi connectivity index (χ3n) is 4.27. The number of carbonyl (C=O) groups excluding carboxylic acids is 2. The number of hydrogen-bond acceptors (Lipinski definition) is 4. The van der Waals surface area contributed by atoms with Gasteiger partial charge in [0.2, 0.25) is 0 Å². The number of nitrogens with one attached hydrogen (secondary N) is 2. The average molecular weight is 355 g/mol. The van der Waals surface area contributed by atoms with E-state index in [-0.39, 0.29) is 6.61 Å². The fourth-order valence-electron chi connectivity index (χ4n) is 3.03. The van der Waals surface area contributed by atoms with Gasteiger partial charge in [0.25, 0.3) is 5.91 Å². The summed E-state index contributed by atoms with van der Waals surface area (Å²) in [7, 11) is 0. The molecule has 0 saturated heterocycles. The third kappa shape index (κ3) is 6.02. The molecule has 6 nitrogen and oxygen atoms in total. The molecule has 7 heteroatoms. The molecule has 0 bridgehead atoms. The van der Waals surface area contributed by atoms with Crippen LogP contribution in [0.2, 0.25) is 5.02 Å². The monoisotopic (exact) mass is 354 g/mol. The molecule has 1 aromatic rings. The first-order valence-electron chi connectivity index (χ1n) is 8.20. The van der Waals surface area contributed by atoms with Crippen molar-refractivity contribution in [2.24, 2.45) is 5.92 Å². The van der Waals surface area contributed by atoms with Crippen LogP contribution in [0, 0.1) is 5.92 Å². The number of rotatable bonds is 6. The van der Waals surface area contributed by atoms with E-state index in [9.17, 15) is 9.59 Å². The molecule has 2 amide bonds. The summed E-state index contributed by atoms with van der Waals surface area (Å²) in [5, 5.41) is 12.0. The summed E-state index contributed by atoms with van der Waals surface area (Å²) in [5.41, 5.74) is 2.37. The Labute approximate surface area is 146 Å². The molecule has 1 aliphatic carbocycles. The maximum absolute atomic E-state index is 11.9. The molecule has 0 radical (unpaired) electrons. The van der Waals surface area contributed by atoms with Crippen molar-refractivity contribution in [2.45, 2.75) is 51.2 Å². The zero-order chi connectivity index (χ0) is 17.4. The lowest BCUT2D eigenvalue weighted by Crippen LogP contribution is -2.47. The summed E-state index contributed by atoms with van der Waals surface area (Å²) < 4.78 is 5.13. The van der Waals surface area contributed by atoms with E-state index in [0.29, 0.717) is 17.4 Å². The first-order valence-corrected chi connectivity index (χ1v) is 8.58. The molecule has 1 saturated carbocycles. The first kappa shape index (κ1) is 18.5. The Morgan fingerprint density at radius 2 is 2.04 bits per heavy atom. The van der Waals surface area contributed by atoms with Crippen LogP contribution in [0.15, 0.2) is 24.3 Å². The Morgan fingerprint density at radius 3 is 2.71 bits per heavy atom.